The van der Waals surface area contributed by atoms with Crippen LogP contribution in [-0.4, -0.2) is 19.7 Å². The molecule has 0 radical (unpaired) electrons. The Morgan fingerprint density at radius 3 is 2.72 bits per heavy atom. The molecule has 0 bridgehead atoms. The quantitative estimate of drug-likeness (QED) is 0.731. The number of benzene rings is 1. The first kappa shape index (κ1) is 11.3. The average molecular weight is 303 g/mol. The van der Waals surface area contributed by atoms with Gasteiger partial charge in [-0.05, 0) is 28.9 Å². The van der Waals surface area contributed by atoms with Crippen molar-refractivity contribution in [3.05, 3.63) is 52.7 Å². The van der Waals surface area contributed by atoms with Gasteiger partial charge >= 0.3 is 0 Å². The third-order valence-corrected chi connectivity index (χ3v) is 3.35. The van der Waals surface area contributed by atoms with Crippen molar-refractivity contribution in [1.82, 2.24) is 19.7 Å². The SMILES string of the molecule is Cc1ncc(Cn2cc3cccc(Br)c3n2)cn1. The number of fused-ring (bicyclic) bond motifs is 1. The van der Waals surface area contributed by atoms with Crippen LogP contribution in [0.15, 0.2) is 41.3 Å². The Labute approximate surface area is 113 Å². The molecule has 90 valence electrons. The van der Waals surface area contributed by atoms with E-state index in [1.165, 1.54) is 0 Å². The van der Waals surface area contributed by atoms with E-state index in [4.69, 9.17) is 0 Å². The highest BCUT2D eigenvalue weighted by Crippen LogP contribution is 2.22. The van der Waals surface area contributed by atoms with Crippen molar-refractivity contribution < 1.29 is 0 Å². The molecule has 18 heavy (non-hydrogen) atoms. The number of hydrogen-bond donors (Lipinski definition) is 0. The minimum Gasteiger partial charge on any atom is -0.267 e. The predicted molar refractivity (Wildman–Crippen MR) is 73.3 cm³/mol. The lowest BCUT2D eigenvalue weighted by molar-refractivity contribution is 0.689. The Hall–Kier alpha value is -1.75. The molecule has 0 unspecified atom stereocenters. The fourth-order valence-corrected chi connectivity index (χ4v) is 2.29. The van der Waals surface area contributed by atoms with Crippen LogP contribution in [0.4, 0.5) is 0 Å². The van der Waals surface area contributed by atoms with Crippen LogP contribution in [0.2, 0.25) is 0 Å². The summed E-state index contributed by atoms with van der Waals surface area (Å²) in [6.45, 7) is 2.56. The molecule has 1 aromatic carbocycles. The van der Waals surface area contributed by atoms with Crippen LogP contribution in [0, 0.1) is 6.92 Å². The van der Waals surface area contributed by atoms with E-state index in [1.807, 2.05) is 42.3 Å². The Morgan fingerprint density at radius 2 is 2.00 bits per heavy atom. The fraction of sp³-hybridized carbons (Fsp3) is 0.154. The molecule has 3 aromatic rings. The van der Waals surface area contributed by atoms with Crippen molar-refractivity contribution in [1.29, 1.82) is 0 Å². The van der Waals surface area contributed by atoms with Crippen molar-refractivity contribution in [2.45, 2.75) is 13.5 Å². The van der Waals surface area contributed by atoms with E-state index in [1.54, 1.807) is 0 Å². The van der Waals surface area contributed by atoms with Crippen LogP contribution in [-0.2, 0) is 6.54 Å². The van der Waals surface area contributed by atoms with Crippen LogP contribution in [0.5, 0.6) is 0 Å². The lowest BCUT2D eigenvalue weighted by atomic mass is 10.3. The molecular formula is C13H11BrN4. The molecule has 0 saturated carbocycles. The van der Waals surface area contributed by atoms with Gasteiger partial charge in [0.1, 0.15) is 11.3 Å². The molecule has 5 heteroatoms. The van der Waals surface area contributed by atoms with E-state index in [9.17, 15) is 0 Å². The maximum Gasteiger partial charge on any atom is 0.125 e. The molecule has 4 nitrogen and oxygen atoms in total. The molecule has 0 amide bonds. The smallest absolute Gasteiger partial charge is 0.125 e. The van der Waals surface area contributed by atoms with Gasteiger partial charge in [0.15, 0.2) is 0 Å². The van der Waals surface area contributed by atoms with Crippen LogP contribution in [0.1, 0.15) is 11.4 Å². The number of halogens is 1. The zero-order chi connectivity index (χ0) is 12.5. The summed E-state index contributed by atoms with van der Waals surface area (Å²) in [7, 11) is 0. The Morgan fingerprint density at radius 1 is 1.22 bits per heavy atom. The molecule has 0 aliphatic carbocycles. The molecule has 2 aromatic heterocycles. The molecule has 0 N–H and O–H groups in total. The standard InChI is InChI=1S/C13H11BrN4/c1-9-15-5-10(6-16-9)7-18-8-11-3-2-4-12(14)13(11)17-18/h2-6,8H,7H2,1H3. The van der Waals surface area contributed by atoms with Crippen LogP contribution >= 0.6 is 15.9 Å². The third-order valence-electron chi connectivity index (χ3n) is 2.71. The molecular weight excluding hydrogens is 292 g/mol. The molecule has 3 rings (SSSR count). The van der Waals surface area contributed by atoms with Crippen molar-refractivity contribution >= 4 is 26.8 Å². The molecule has 0 fully saturated rings. The summed E-state index contributed by atoms with van der Waals surface area (Å²) in [5.74, 6) is 0.784. The first-order chi connectivity index (χ1) is 8.72. The van der Waals surface area contributed by atoms with Crippen molar-refractivity contribution in [3.8, 4) is 0 Å². The highest BCUT2D eigenvalue weighted by Gasteiger charge is 2.04. The van der Waals surface area contributed by atoms with Gasteiger partial charge in [0.05, 0.1) is 6.54 Å². The summed E-state index contributed by atoms with van der Waals surface area (Å²) < 4.78 is 2.92. The molecule has 2 heterocycles. The fourth-order valence-electron chi connectivity index (χ4n) is 1.83. The van der Waals surface area contributed by atoms with Gasteiger partial charge in [-0.15, -0.1) is 0 Å². The Balaban J connectivity index is 1.95. The number of aromatic nitrogens is 4. The number of nitrogens with zero attached hydrogens (tertiary/aromatic N) is 4. The van der Waals surface area contributed by atoms with Crippen LogP contribution in [0.3, 0.4) is 0 Å². The minimum atomic E-state index is 0.682. The number of rotatable bonds is 2. The van der Waals surface area contributed by atoms with Gasteiger partial charge < -0.3 is 0 Å². The molecule has 0 atom stereocenters. The van der Waals surface area contributed by atoms with Gasteiger partial charge in [-0.25, -0.2) is 9.97 Å². The largest absolute Gasteiger partial charge is 0.267 e. The maximum atomic E-state index is 4.54. The summed E-state index contributed by atoms with van der Waals surface area (Å²) in [6, 6.07) is 6.05. The first-order valence-electron chi connectivity index (χ1n) is 5.61. The lowest BCUT2D eigenvalue weighted by Crippen LogP contribution is -2.01. The number of hydrogen-bond acceptors (Lipinski definition) is 3. The van der Waals surface area contributed by atoms with Gasteiger partial charge in [-0.2, -0.15) is 5.10 Å². The predicted octanol–water partition coefficient (Wildman–Crippen LogP) is 2.95. The van der Waals surface area contributed by atoms with E-state index >= 15 is 0 Å². The second-order valence-electron chi connectivity index (χ2n) is 4.14. The molecule has 0 spiro atoms. The topological polar surface area (TPSA) is 43.6 Å². The van der Waals surface area contributed by atoms with Gasteiger partial charge in [-0.3, -0.25) is 4.68 Å². The molecule has 0 aliphatic rings. The average Bonchev–Trinajstić information content (AvgIpc) is 2.76. The Bertz CT molecular complexity index is 688. The van der Waals surface area contributed by atoms with Gasteiger partial charge in [0.25, 0.3) is 0 Å². The maximum absolute atomic E-state index is 4.54. The van der Waals surface area contributed by atoms with Crippen molar-refractivity contribution in [2.75, 3.05) is 0 Å². The monoisotopic (exact) mass is 302 g/mol. The first-order valence-corrected chi connectivity index (χ1v) is 6.41. The summed E-state index contributed by atoms with van der Waals surface area (Å²) in [4.78, 5) is 8.37. The van der Waals surface area contributed by atoms with Crippen LogP contribution < -0.4 is 0 Å². The van der Waals surface area contributed by atoms with E-state index in [-0.39, 0.29) is 0 Å². The summed E-state index contributed by atoms with van der Waals surface area (Å²) in [6.07, 6.45) is 5.70. The zero-order valence-electron chi connectivity index (χ0n) is 9.84. The second kappa shape index (κ2) is 4.49. The summed E-state index contributed by atoms with van der Waals surface area (Å²) in [5, 5.41) is 5.67. The zero-order valence-corrected chi connectivity index (χ0v) is 11.4. The second-order valence-corrected chi connectivity index (χ2v) is 5.00. The van der Waals surface area contributed by atoms with Crippen LogP contribution in [0.25, 0.3) is 10.9 Å². The van der Waals surface area contributed by atoms with E-state index in [2.05, 4.69) is 37.1 Å². The third kappa shape index (κ3) is 2.13. The number of aryl methyl sites for hydroxylation is 1. The van der Waals surface area contributed by atoms with E-state index in [0.717, 1.165) is 26.8 Å². The molecule has 0 saturated heterocycles. The van der Waals surface area contributed by atoms with E-state index in [0.29, 0.717) is 6.54 Å². The van der Waals surface area contributed by atoms with Gasteiger partial charge in [-0.1, -0.05) is 12.1 Å². The highest BCUT2D eigenvalue weighted by molar-refractivity contribution is 9.10. The minimum absolute atomic E-state index is 0.682. The lowest BCUT2D eigenvalue weighted by Gasteiger charge is -2.00. The van der Waals surface area contributed by atoms with Gasteiger partial charge in [0, 0.05) is 34.0 Å². The normalized spacial score (nSPS) is 11.0. The van der Waals surface area contributed by atoms with Gasteiger partial charge in [0.2, 0.25) is 0 Å². The van der Waals surface area contributed by atoms with E-state index < -0.39 is 0 Å². The molecule has 0 aliphatic heterocycles. The van der Waals surface area contributed by atoms with Crippen molar-refractivity contribution in [3.63, 3.8) is 0 Å². The van der Waals surface area contributed by atoms with Crippen molar-refractivity contribution in [2.24, 2.45) is 0 Å². The highest BCUT2D eigenvalue weighted by atomic mass is 79.9. The summed E-state index contributed by atoms with van der Waals surface area (Å²) in [5.41, 5.74) is 2.02. The summed E-state index contributed by atoms with van der Waals surface area (Å²) >= 11 is 3.50. The Kier molecular flexibility index (Phi) is 2.83.